The van der Waals surface area contributed by atoms with Crippen LogP contribution < -0.4 is 0 Å². The summed E-state index contributed by atoms with van der Waals surface area (Å²) in [7, 11) is 1.16. The lowest BCUT2D eigenvalue weighted by Crippen LogP contribution is -2.05. The van der Waals surface area contributed by atoms with Crippen LogP contribution in [0.2, 0.25) is 0 Å². The third kappa shape index (κ3) is 5.59. The molecule has 2 aromatic rings. The van der Waals surface area contributed by atoms with Crippen molar-refractivity contribution in [1.29, 1.82) is 0 Å². The minimum atomic E-state index is -2.74. The van der Waals surface area contributed by atoms with E-state index in [1.807, 2.05) is 0 Å². The number of carboxylic acids is 1. The molecular weight excluding hydrogens is 344 g/mol. The molecule has 0 aromatic heterocycles. The number of rotatable bonds is 4. The number of alkyl halides is 4. The van der Waals surface area contributed by atoms with Gasteiger partial charge in [0.1, 0.15) is 0 Å². The summed E-state index contributed by atoms with van der Waals surface area (Å²) in [5.41, 5.74) is -1.16. The molecule has 134 valence electrons. The van der Waals surface area contributed by atoms with Gasteiger partial charge in [0.15, 0.2) is 0 Å². The average Bonchev–Trinajstić information content (AvgIpc) is 2.61. The number of methoxy groups -OCH3 is 1. The monoisotopic (exact) mass is 358 g/mol. The predicted octanol–water partition coefficient (Wildman–Crippen LogP) is 4.73. The fourth-order valence-electron chi connectivity index (χ4n) is 1.87. The van der Waals surface area contributed by atoms with Crippen LogP contribution in [0.3, 0.4) is 0 Å². The molecule has 8 heteroatoms. The van der Waals surface area contributed by atoms with E-state index in [0.717, 1.165) is 19.2 Å². The lowest BCUT2D eigenvalue weighted by Gasteiger charge is -2.05. The third-order valence-electron chi connectivity index (χ3n) is 3.03. The van der Waals surface area contributed by atoms with Gasteiger partial charge in [-0.2, -0.15) is 0 Å². The molecule has 2 aromatic carbocycles. The van der Waals surface area contributed by atoms with Crippen LogP contribution in [0.25, 0.3) is 0 Å². The van der Waals surface area contributed by atoms with Crippen LogP contribution in [0.5, 0.6) is 0 Å². The summed E-state index contributed by atoms with van der Waals surface area (Å²) in [4.78, 5) is 21.4. The smallest absolute Gasteiger partial charge is 0.338 e. The Kier molecular flexibility index (Phi) is 7.58. The summed E-state index contributed by atoms with van der Waals surface area (Å²) in [5, 5.41) is 8.48. The predicted molar refractivity (Wildman–Crippen MR) is 81.1 cm³/mol. The fraction of sp³-hybridized carbons (Fsp3) is 0.176. The first kappa shape index (κ1) is 20.1. The van der Waals surface area contributed by atoms with Gasteiger partial charge in [-0.1, -0.05) is 36.4 Å². The van der Waals surface area contributed by atoms with E-state index in [9.17, 15) is 27.2 Å². The highest BCUT2D eigenvalue weighted by Gasteiger charge is 2.17. The van der Waals surface area contributed by atoms with Crippen molar-refractivity contribution in [3.63, 3.8) is 0 Å². The molecule has 1 N–H and O–H groups in total. The van der Waals surface area contributed by atoms with Crippen molar-refractivity contribution < 1.29 is 37.0 Å². The molecule has 0 atom stereocenters. The van der Waals surface area contributed by atoms with E-state index >= 15 is 0 Å². The minimum Gasteiger partial charge on any atom is -0.478 e. The number of ether oxygens (including phenoxy) is 1. The van der Waals surface area contributed by atoms with Gasteiger partial charge in [-0.25, -0.2) is 27.2 Å². The summed E-state index contributed by atoms with van der Waals surface area (Å²) >= 11 is 0. The lowest BCUT2D eigenvalue weighted by atomic mass is 10.1. The number of hydrogen-bond donors (Lipinski definition) is 1. The number of carbonyl (C=O) groups is 2. The Morgan fingerprint density at radius 1 is 0.840 bits per heavy atom. The summed E-state index contributed by atoms with van der Waals surface area (Å²) < 4.78 is 53.2. The Bertz CT molecular complexity index is 732. The maximum absolute atomic E-state index is 12.3. The molecule has 0 fully saturated rings. The summed E-state index contributed by atoms with van der Waals surface area (Å²) in [5.74, 6) is -2.07. The summed E-state index contributed by atoms with van der Waals surface area (Å²) in [6.45, 7) is 0. The van der Waals surface area contributed by atoms with Crippen molar-refractivity contribution in [2.75, 3.05) is 7.11 Å². The topological polar surface area (TPSA) is 63.6 Å². The second-order valence-corrected chi connectivity index (χ2v) is 4.57. The molecular formula is C17H14F4O4. The number of halogens is 4. The average molecular weight is 358 g/mol. The van der Waals surface area contributed by atoms with Crippen molar-refractivity contribution in [3.8, 4) is 0 Å². The first-order valence-electron chi connectivity index (χ1n) is 6.85. The molecule has 0 saturated heterocycles. The SMILES string of the molecule is COC(=O)c1ccccc1C(F)F.O=C(O)c1ccccc1C(F)F. The Labute approximate surface area is 140 Å². The Morgan fingerprint density at radius 2 is 1.24 bits per heavy atom. The van der Waals surface area contributed by atoms with Crippen LogP contribution in [-0.2, 0) is 4.74 Å². The highest BCUT2D eigenvalue weighted by molar-refractivity contribution is 5.91. The van der Waals surface area contributed by atoms with E-state index in [4.69, 9.17) is 5.11 Å². The van der Waals surface area contributed by atoms with Crippen LogP contribution in [-0.4, -0.2) is 24.2 Å². The molecule has 0 aliphatic carbocycles. The van der Waals surface area contributed by atoms with E-state index in [2.05, 4.69) is 4.74 Å². The van der Waals surface area contributed by atoms with Gasteiger partial charge in [0.2, 0.25) is 0 Å². The molecule has 0 aliphatic rings. The van der Waals surface area contributed by atoms with Gasteiger partial charge < -0.3 is 9.84 Å². The Balaban J connectivity index is 0.000000251. The molecule has 0 saturated carbocycles. The molecule has 4 nitrogen and oxygen atoms in total. The molecule has 0 unspecified atom stereocenters. The maximum atomic E-state index is 12.3. The van der Waals surface area contributed by atoms with Crippen LogP contribution >= 0.6 is 0 Å². The molecule has 0 heterocycles. The van der Waals surface area contributed by atoms with Crippen LogP contribution in [0.1, 0.15) is 44.7 Å². The highest BCUT2D eigenvalue weighted by atomic mass is 19.3. The zero-order valence-electron chi connectivity index (χ0n) is 13.0. The van der Waals surface area contributed by atoms with Crippen molar-refractivity contribution in [2.45, 2.75) is 12.9 Å². The normalized spacial score (nSPS) is 10.2. The largest absolute Gasteiger partial charge is 0.478 e. The van der Waals surface area contributed by atoms with E-state index in [1.165, 1.54) is 36.4 Å². The van der Waals surface area contributed by atoms with Gasteiger partial charge >= 0.3 is 11.9 Å². The number of aromatic carboxylic acids is 1. The Morgan fingerprint density at radius 3 is 1.60 bits per heavy atom. The number of esters is 1. The zero-order valence-corrected chi connectivity index (χ0v) is 13.0. The first-order chi connectivity index (χ1) is 11.8. The number of carbonyl (C=O) groups excluding carboxylic acids is 1. The van der Waals surface area contributed by atoms with Gasteiger partial charge in [-0.15, -0.1) is 0 Å². The van der Waals surface area contributed by atoms with Crippen molar-refractivity contribution >= 4 is 11.9 Å². The lowest BCUT2D eigenvalue weighted by molar-refractivity contribution is 0.0588. The van der Waals surface area contributed by atoms with Gasteiger partial charge in [0.05, 0.1) is 18.2 Å². The first-order valence-corrected chi connectivity index (χ1v) is 6.85. The van der Waals surface area contributed by atoms with Crippen LogP contribution in [0.15, 0.2) is 48.5 Å². The van der Waals surface area contributed by atoms with Gasteiger partial charge in [0.25, 0.3) is 12.9 Å². The third-order valence-corrected chi connectivity index (χ3v) is 3.03. The number of benzene rings is 2. The molecule has 0 bridgehead atoms. The molecule has 0 radical (unpaired) electrons. The minimum absolute atomic E-state index is 0.0833. The fourth-order valence-corrected chi connectivity index (χ4v) is 1.87. The van der Waals surface area contributed by atoms with Gasteiger partial charge in [0, 0.05) is 11.1 Å². The highest BCUT2D eigenvalue weighted by Crippen LogP contribution is 2.23. The van der Waals surface area contributed by atoms with Gasteiger partial charge in [-0.05, 0) is 12.1 Å². The van der Waals surface area contributed by atoms with E-state index < -0.39 is 30.4 Å². The summed E-state index contributed by atoms with van der Waals surface area (Å²) in [6.07, 6.45) is -5.40. The molecule has 0 spiro atoms. The molecule has 25 heavy (non-hydrogen) atoms. The van der Waals surface area contributed by atoms with E-state index in [0.29, 0.717) is 0 Å². The van der Waals surface area contributed by atoms with Crippen LogP contribution in [0.4, 0.5) is 17.6 Å². The Hall–Kier alpha value is -2.90. The zero-order chi connectivity index (χ0) is 19.0. The van der Waals surface area contributed by atoms with Crippen molar-refractivity contribution in [3.05, 3.63) is 70.8 Å². The van der Waals surface area contributed by atoms with Gasteiger partial charge in [-0.3, -0.25) is 0 Å². The summed E-state index contributed by atoms with van der Waals surface area (Å²) in [6, 6.07) is 10.5. The van der Waals surface area contributed by atoms with E-state index in [1.54, 1.807) is 0 Å². The van der Waals surface area contributed by atoms with Crippen molar-refractivity contribution in [1.82, 2.24) is 0 Å². The standard InChI is InChI=1S/C9H8F2O2.C8H6F2O2/c1-13-9(12)7-5-3-2-4-6(7)8(10)11;9-7(10)5-3-1-2-4-6(5)8(11)12/h2-5,8H,1H3;1-4,7H,(H,11,12). The molecule has 0 aliphatic heterocycles. The second kappa shape index (κ2) is 9.41. The van der Waals surface area contributed by atoms with Crippen molar-refractivity contribution in [2.24, 2.45) is 0 Å². The number of hydrogen-bond acceptors (Lipinski definition) is 3. The van der Waals surface area contributed by atoms with E-state index in [-0.39, 0.29) is 16.7 Å². The number of carboxylic acid groups (broad SMARTS) is 1. The maximum Gasteiger partial charge on any atom is 0.338 e. The second-order valence-electron chi connectivity index (χ2n) is 4.57. The van der Waals surface area contributed by atoms with Crippen LogP contribution in [0, 0.1) is 0 Å². The molecule has 2 rings (SSSR count). The molecule has 0 amide bonds. The quantitative estimate of drug-likeness (QED) is 0.634.